The van der Waals surface area contributed by atoms with Crippen LogP contribution in [0.5, 0.6) is 5.88 Å². The number of halogens is 1. The molecule has 0 saturated carbocycles. The van der Waals surface area contributed by atoms with Crippen molar-refractivity contribution in [1.82, 2.24) is 9.97 Å². The first-order valence-corrected chi connectivity index (χ1v) is 6.15. The molecule has 1 aromatic heterocycles. The van der Waals surface area contributed by atoms with Gasteiger partial charge < -0.3 is 10.1 Å². The summed E-state index contributed by atoms with van der Waals surface area (Å²) >= 11 is 5.60. The molecule has 0 aromatic carbocycles. The van der Waals surface area contributed by atoms with Crippen LogP contribution in [0.1, 0.15) is 26.2 Å². The second kappa shape index (κ2) is 8.16. The molecule has 90 valence electrons. The maximum atomic E-state index is 5.60. The monoisotopic (exact) mass is 243 g/mol. The summed E-state index contributed by atoms with van der Waals surface area (Å²) in [7, 11) is 0. The van der Waals surface area contributed by atoms with Crippen molar-refractivity contribution in [2.24, 2.45) is 0 Å². The highest BCUT2D eigenvalue weighted by Crippen LogP contribution is 2.10. The molecule has 0 spiro atoms. The number of nitrogens with zero attached hydrogens (tertiary/aromatic N) is 2. The van der Waals surface area contributed by atoms with E-state index in [0.717, 1.165) is 37.5 Å². The largest absolute Gasteiger partial charge is 0.478 e. The van der Waals surface area contributed by atoms with Crippen LogP contribution < -0.4 is 10.1 Å². The number of nitrogens with one attached hydrogen (secondary N) is 1. The molecule has 5 heteroatoms. The fraction of sp³-hybridized carbons (Fsp3) is 0.636. The third-order valence-corrected chi connectivity index (χ3v) is 2.32. The third kappa shape index (κ3) is 5.16. The Morgan fingerprint density at radius 1 is 1.31 bits per heavy atom. The van der Waals surface area contributed by atoms with E-state index in [1.807, 2.05) is 13.0 Å². The van der Waals surface area contributed by atoms with E-state index in [1.54, 1.807) is 0 Å². The molecule has 0 aliphatic heterocycles. The van der Waals surface area contributed by atoms with Gasteiger partial charge in [-0.15, -0.1) is 11.6 Å². The van der Waals surface area contributed by atoms with Gasteiger partial charge in [-0.1, -0.05) is 6.42 Å². The molecule has 0 aliphatic carbocycles. The van der Waals surface area contributed by atoms with E-state index in [4.69, 9.17) is 16.3 Å². The number of aromatic nitrogens is 2. The van der Waals surface area contributed by atoms with Gasteiger partial charge in [-0.3, -0.25) is 0 Å². The average molecular weight is 244 g/mol. The first-order chi connectivity index (χ1) is 7.86. The Balaban J connectivity index is 2.27. The number of anilines is 1. The van der Waals surface area contributed by atoms with E-state index in [-0.39, 0.29) is 0 Å². The molecule has 0 amide bonds. The smallest absolute Gasteiger partial charge is 0.218 e. The Bertz CT molecular complexity index is 296. The summed E-state index contributed by atoms with van der Waals surface area (Å²) in [6.07, 6.45) is 4.81. The first-order valence-electron chi connectivity index (χ1n) is 5.61. The molecule has 1 aromatic rings. The summed E-state index contributed by atoms with van der Waals surface area (Å²) < 4.78 is 5.28. The Morgan fingerprint density at radius 3 is 2.94 bits per heavy atom. The van der Waals surface area contributed by atoms with Gasteiger partial charge >= 0.3 is 0 Å². The van der Waals surface area contributed by atoms with Gasteiger partial charge in [0.25, 0.3) is 0 Å². The van der Waals surface area contributed by atoms with Crippen LogP contribution >= 0.6 is 11.6 Å². The van der Waals surface area contributed by atoms with Gasteiger partial charge in [0.1, 0.15) is 12.1 Å². The van der Waals surface area contributed by atoms with Crippen molar-refractivity contribution >= 4 is 17.4 Å². The molecule has 0 aliphatic rings. The Morgan fingerprint density at radius 2 is 2.19 bits per heavy atom. The molecule has 1 rings (SSSR count). The highest BCUT2D eigenvalue weighted by Gasteiger charge is 1.98. The topological polar surface area (TPSA) is 47.0 Å². The summed E-state index contributed by atoms with van der Waals surface area (Å²) in [5.41, 5.74) is 0. The van der Waals surface area contributed by atoms with Crippen LogP contribution in [-0.2, 0) is 0 Å². The molecular weight excluding hydrogens is 226 g/mol. The fourth-order valence-electron chi connectivity index (χ4n) is 1.28. The van der Waals surface area contributed by atoms with E-state index in [0.29, 0.717) is 12.5 Å². The zero-order valence-electron chi connectivity index (χ0n) is 9.58. The SMILES string of the molecule is CCOc1cc(NCCCCCCl)ncn1. The van der Waals surface area contributed by atoms with Crippen LogP contribution in [0.15, 0.2) is 12.4 Å². The zero-order chi connectivity index (χ0) is 11.6. The summed E-state index contributed by atoms with van der Waals surface area (Å²) in [5, 5.41) is 3.23. The minimum absolute atomic E-state index is 0.612. The predicted octanol–water partition coefficient (Wildman–Crippen LogP) is 2.70. The highest BCUT2D eigenvalue weighted by atomic mass is 35.5. The van der Waals surface area contributed by atoms with Gasteiger partial charge in [-0.05, 0) is 19.8 Å². The molecule has 0 fully saturated rings. The van der Waals surface area contributed by atoms with Crippen LogP contribution in [0.3, 0.4) is 0 Å². The maximum absolute atomic E-state index is 5.60. The number of hydrogen-bond acceptors (Lipinski definition) is 4. The average Bonchev–Trinajstić information content (AvgIpc) is 2.30. The summed E-state index contributed by atoms with van der Waals surface area (Å²) in [4.78, 5) is 8.11. The van der Waals surface area contributed by atoms with E-state index >= 15 is 0 Å². The van der Waals surface area contributed by atoms with Crippen LogP contribution in [-0.4, -0.2) is 29.0 Å². The lowest BCUT2D eigenvalue weighted by Gasteiger charge is -2.06. The van der Waals surface area contributed by atoms with Crippen molar-refractivity contribution in [1.29, 1.82) is 0 Å². The second-order valence-corrected chi connectivity index (χ2v) is 3.73. The second-order valence-electron chi connectivity index (χ2n) is 3.35. The lowest BCUT2D eigenvalue weighted by Crippen LogP contribution is -2.04. The standard InChI is InChI=1S/C11H18ClN3O/c1-2-16-11-8-10(14-9-15-11)13-7-5-3-4-6-12/h8-9H,2-7H2,1H3,(H,13,14,15). The van der Waals surface area contributed by atoms with Gasteiger partial charge in [0.05, 0.1) is 6.61 Å². The minimum atomic E-state index is 0.612. The van der Waals surface area contributed by atoms with Gasteiger partial charge in [-0.2, -0.15) is 0 Å². The third-order valence-electron chi connectivity index (χ3n) is 2.05. The van der Waals surface area contributed by atoms with Crippen LogP contribution in [0.4, 0.5) is 5.82 Å². The van der Waals surface area contributed by atoms with Crippen molar-refractivity contribution in [3.05, 3.63) is 12.4 Å². The number of unbranched alkanes of at least 4 members (excludes halogenated alkanes) is 2. The van der Waals surface area contributed by atoms with E-state index in [2.05, 4.69) is 15.3 Å². The number of rotatable bonds is 8. The lowest BCUT2D eigenvalue weighted by atomic mass is 10.2. The normalized spacial score (nSPS) is 10.1. The van der Waals surface area contributed by atoms with Crippen LogP contribution in [0.25, 0.3) is 0 Å². The molecule has 1 heterocycles. The van der Waals surface area contributed by atoms with E-state index in [9.17, 15) is 0 Å². The van der Waals surface area contributed by atoms with Crippen molar-refractivity contribution < 1.29 is 4.74 Å². The van der Waals surface area contributed by atoms with Gasteiger partial charge in [0, 0.05) is 18.5 Å². The number of ether oxygens (including phenoxy) is 1. The Hall–Kier alpha value is -1.03. The maximum Gasteiger partial charge on any atom is 0.218 e. The van der Waals surface area contributed by atoms with Gasteiger partial charge in [0.2, 0.25) is 5.88 Å². The quantitative estimate of drug-likeness (QED) is 0.563. The van der Waals surface area contributed by atoms with Crippen molar-refractivity contribution in [2.75, 3.05) is 24.3 Å². The number of alkyl halides is 1. The van der Waals surface area contributed by atoms with Crippen molar-refractivity contribution in [3.63, 3.8) is 0 Å². The van der Waals surface area contributed by atoms with Crippen LogP contribution in [0, 0.1) is 0 Å². The molecular formula is C11H18ClN3O. The molecule has 1 N–H and O–H groups in total. The molecule has 0 radical (unpaired) electrons. The summed E-state index contributed by atoms with van der Waals surface area (Å²) in [6.45, 7) is 3.45. The van der Waals surface area contributed by atoms with E-state index < -0.39 is 0 Å². The minimum Gasteiger partial charge on any atom is -0.478 e. The van der Waals surface area contributed by atoms with Gasteiger partial charge in [-0.25, -0.2) is 9.97 Å². The summed E-state index contributed by atoms with van der Waals surface area (Å²) in [5.74, 6) is 2.16. The van der Waals surface area contributed by atoms with Crippen molar-refractivity contribution in [3.8, 4) is 5.88 Å². The van der Waals surface area contributed by atoms with Gasteiger partial charge in [0.15, 0.2) is 0 Å². The molecule has 0 bridgehead atoms. The highest BCUT2D eigenvalue weighted by molar-refractivity contribution is 6.17. The first kappa shape index (κ1) is 13.0. The zero-order valence-corrected chi connectivity index (χ0v) is 10.3. The lowest BCUT2D eigenvalue weighted by molar-refractivity contribution is 0.326. The molecule has 0 saturated heterocycles. The Kier molecular flexibility index (Phi) is 6.65. The molecule has 0 unspecified atom stereocenters. The Labute approximate surface area is 101 Å². The fourth-order valence-corrected chi connectivity index (χ4v) is 1.46. The molecule has 16 heavy (non-hydrogen) atoms. The predicted molar refractivity (Wildman–Crippen MR) is 66.3 cm³/mol. The van der Waals surface area contributed by atoms with Crippen LogP contribution in [0.2, 0.25) is 0 Å². The molecule has 0 atom stereocenters. The summed E-state index contributed by atoms with van der Waals surface area (Å²) in [6, 6.07) is 1.81. The van der Waals surface area contributed by atoms with E-state index in [1.165, 1.54) is 6.33 Å². The number of hydrogen-bond donors (Lipinski definition) is 1. The molecule has 4 nitrogen and oxygen atoms in total. The van der Waals surface area contributed by atoms with Crippen molar-refractivity contribution in [2.45, 2.75) is 26.2 Å².